The molecule has 2 aliphatic heterocycles. The van der Waals surface area contributed by atoms with Crippen molar-refractivity contribution in [2.24, 2.45) is 7.05 Å². The van der Waals surface area contributed by atoms with Gasteiger partial charge in [0.25, 0.3) is 5.91 Å². The third kappa shape index (κ3) is 3.28. The fourth-order valence-electron chi connectivity index (χ4n) is 5.29. The second-order valence-corrected chi connectivity index (χ2v) is 8.71. The lowest BCUT2D eigenvalue weighted by molar-refractivity contribution is 0.0672. The van der Waals surface area contributed by atoms with Crippen LogP contribution in [0.5, 0.6) is 0 Å². The predicted molar refractivity (Wildman–Crippen MR) is 114 cm³/mol. The van der Waals surface area contributed by atoms with Crippen molar-refractivity contribution in [2.45, 2.75) is 44.7 Å². The maximum Gasteiger partial charge on any atom is 0.254 e. The zero-order valence-corrected chi connectivity index (χ0v) is 18.1. The van der Waals surface area contributed by atoms with E-state index in [0.29, 0.717) is 18.7 Å². The number of halogens is 3. The number of rotatable bonds is 2. The molecular weight excluding hydrogens is 417 g/mol. The molecule has 0 saturated heterocycles. The zero-order chi connectivity index (χ0) is 22.6. The molecule has 3 heterocycles. The van der Waals surface area contributed by atoms with Gasteiger partial charge in [0, 0.05) is 49.3 Å². The van der Waals surface area contributed by atoms with Crippen LogP contribution in [0.25, 0.3) is 0 Å². The fourth-order valence-corrected chi connectivity index (χ4v) is 5.29. The van der Waals surface area contributed by atoms with Crippen molar-refractivity contribution in [3.8, 4) is 0 Å². The molecule has 168 valence electrons. The molecule has 8 heteroatoms. The Labute approximate surface area is 184 Å². The predicted octanol–water partition coefficient (Wildman–Crippen LogP) is 4.32. The van der Waals surface area contributed by atoms with Gasteiger partial charge in [0.2, 0.25) is 0 Å². The molecule has 1 aromatic carbocycles. The Morgan fingerprint density at radius 2 is 2.00 bits per heavy atom. The number of aromatic nitrogens is 2. The Balaban J connectivity index is 1.46. The van der Waals surface area contributed by atoms with Gasteiger partial charge >= 0.3 is 0 Å². The number of nitrogens with one attached hydrogen (secondary N) is 1. The molecule has 0 spiro atoms. The number of aryl methyl sites for hydroxylation is 1. The molecule has 1 amide bonds. The molecule has 5 rings (SSSR count). The molecule has 0 fully saturated rings. The number of fused-ring (bicyclic) bond motifs is 2. The van der Waals surface area contributed by atoms with Gasteiger partial charge in [-0.1, -0.05) is 12.1 Å². The highest BCUT2D eigenvalue weighted by atomic mass is 19.2. The molecule has 0 radical (unpaired) electrons. The van der Waals surface area contributed by atoms with Gasteiger partial charge < -0.3 is 10.2 Å². The first-order valence-corrected chi connectivity index (χ1v) is 11.0. The minimum absolute atomic E-state index is 0.0197. The third-order valence-corrected chi connectivity index (χ3v) is 6.87. The topological polar surface area (TPSA) is 50.2 Å². The molecule has 2 atom stereocenters. The highest BCUT2D eigenvalue weighted by Crippen LogP contribution is 2.41. The molecule has 1 N–H and O–H groups in total. The summed E-state index contributed by atoms with van der Waals surface area (Å²) in [5.74, 6) is -4.30. The normalized spacial score (nSPS) is 23.0. The summed E-state index contributed by atoms with van der Waals surface area (Å²) in [5, 5.41) is 7.95. The maximum absolute atomic E-state index is 13.9. The van der Waals surface area contributed by atoms with Gasteiger partial charge in [-0.2, -0.15) is 5.10 Å². The lowest BCUT2D eigenvalue weighted by Gasteiger charge is -2.34. The third-order valence-electron chi connectivity index (χ3n) is 6.87. The molecule has 1 aliphatic carbocycles. The number of carbonyl (C=O) groups is 1. The highest BCUT2D eigenvalue weighted by Gasteiger charge is 2.36. The van der Waals surface area contributed by atoms with Crippen molar-refractivity contribution >= 4 is 5.91 Å². The van der Waals surface area contributed by atoms with Crippen LogP contribution in [0, 0.1) is 0 Å². The first-order valence-electron chi connectivity index (χ1n) is 11.0. The molecule has 1 aromatic heterocycles. The summed E-state index contributed by atoms with van der Waals surface area (Å²) >= 11 is 0. The van der Waals surface area contributed by atoms with E-state index < -0.39 is 23.4 Å². The molecule has 32 heavy (non-hydrogen) atoms. The van der Waals surface area contributed by atoms with Gasteiger partial charge in [-0.3, -0.25) is 9.48 Å². The number of carbonyl (C=O) groups excluding carboxylic acids is 1. The van der Waals surface area contributed by atoms with Crippen molar-refractivity contribution < 1.29 is 18.0 Å². The highest BCUT2D eigenvalue weighted by molar-refractivity contribution is 5.96. The Bertz CT molecular complexity index is 1170. The molecular formula is C24H25F3N4O. The Kier molecular flexibility index (Phi) is 5.20. The minimum atomic E-state index is -1.41. The van der Waals surface area contributed by atoms with E-state index in [4.69, 9.17) is 0 Å². The molecule has 0 bridgehead atoms. The van der Waals surface area contributed by atoms with Gasteiger partial charge in [0.05, 0.1) is 11.7 Å². The van der Waals surface area contributed by atoms with Crippen molar-refractivity contribution in [3.05, 3.63) is 75.4 Å². The Morgan fingerprint density at radius 1 is 1.19 bits per heavy atom. The first-order chi connectivity index (χ1) is 15.4. The van der Waals surface area contributed by atoms with Crippen molar-refractivity contribution in [1.82, 2.24) is 20.0 Å². The minimum Gasteiger partial charge on any atom is -0.330 e. The number of allylic oxidation sites excluding steroid dienone is 4. The standard InChI is InChI=1S/C24H25F3N4O/c1-13-22-18(23(30(2)29-22)15-10-19(25)21(27)20(26)11-15)7-9-31(13)24(32)17-5-3-4-14-12-28-8-6-16(14)17/h3-5,10,13,15,28H,6-9,11-12H2,1-2H3/t13-,15?/m0/s1. The monoisotopic (exact) mass is 442 g/mol. The van der Waals surface area contributed by atoms with Crippen molar-refractivity contribution in [1.29, 1.82) is 0 Å². The quantitative estimate of drug-likeness (QED) is 0.754. The largest absolute Gasteiger partial charge is 0.330 e. The average molecular weight is 442 g/mol. The van der Waals surface area contributed by atoms with Crippen LogP contribution < -0.4 is 5.32 Å². The fraction of sp³-hybridized carbons (Fsp3) is 0.417. The van der Waals surface area contributed by atoms with Crippen LogP contribution in [0.2, 0.25) is 0 Å². The lowest BCUT2D eigenvalue weighted by atomic mass is 9.88. The van der Waals surface area contributed by atoms with E-state index in [0.717, 1.165) is 53.5 Å². The van der Waals surface area contributed by atoms with E-state index >= 15 is 0 Å². The number of hydrogen-bond acceptors (Lipinski definition) is 3. The van der Waals surface area contributed by atoms with E-state index in [1.807, 2.05) is 30.0 Å². The molecule has 2 aromatic rings. The van der Waals surface area contributed by atoms with Gasteiger partial charge in [-0.05, 0) is 49.6 Å². The second kappa shape index (κ2) is 7.92. The van der Waals surface area contributed by atoms with Gasteiger partial charge in [-0.25, -0.2) is 13.2 Å². The number of nitrogens with zero attached hydrogens (tertiary/aromatic N) is 3. The smallest absolute Gasteiger partial charge is 0.254 e. The average Bonchev–Trinajstić information content (AvgIpc) is 3.13. The van der Waals surface area contributed by atoms with Crippen LogP contribution in [0.15, 0.2) is 41.8 Å². The Hall–Kier alpha value is -2.87. The first kappa shape index (κ1) is 21.0. The van der Waals surface area contributed by atoms with E-state index in [1.165, 1.54) is 0 Å². The van der Waals surface area contributed by atoms with Crippen molar-refractivity contribution in [3.63, 3.8) is 0 Å². The maximum atomic E-state index is 13.9. The summed E-state index contributed by atoms with van der Waals surface area (Å²) in [6, 6.07) is 5.58. The molecule has 5 nitrogen and oxygen atoms in total. The lowest BCUT2D eigenvalue weighted by Crippen LogP contribution is -2.40. The van der Waals surface area contributed by atoms with Gasteiger partial charge in [0.1, 0.15) is 5.83 Å². The summed E-state index contributed by atoms with van der Waals surface area (Å²) in [5.41, 5.74) is 5.30. The summed E-state index contributed by atoms with van der Waals surface area (Å²) in [6.07, 6.45) is 2.24. The van der Waals surface area contributed by atoms with Crippen LogP contribution in [0.4, 0.5) is 13.2 Å². The second-order valence-electron chi connectivity index (χ2n) is 8.71. The van der Waals surface area contributed by atoms with E-state index in [9.17, 15) is 18.0 Å². The Morgan fingerprint density at radius 3 is 2.78 bits per heavy atom. The summed E-state index contributed by atoms with van der Waals surface area (Å²) in [6.45, 7) is 4.02. The van der Waals surface area contributed by atoms with E-state index in [2.05, 4.69) is 10.4 Å². The number of amides is 1. The van der Waals surface area contributed by atoms with Gasteiger partial charge in [-0.15, -0.1) is 0 Å². The van der Waals surface area contributed by atoms with Crippen LogP contribution in [-0.4, -0.2) is 33.7 Å². The molecule has 1 unspecified atom stereocenters. The molecule has 3 aliphatic rings. The summed E-state index contributed by atoms with van der Waals surface area (Å²) in [4.78, 5) is 15.3. The zero-order valence-electron chi connectivity index (χ0n) is 18.1. The van der Waals surface area contributed by atoms with Crippen LogP contribution in [0.1, 0.15) is 63.7 Å². The molecule has 0 saturated carbocycles. The van der Waals surface area contributed by atoms with Crippen molar-refractivity contribution in [2.75, 3.05) is 13.1 Å². The number of benzene rings is 1. The van der Waals surface area contributed by atoms with Gasteiger partial charge in [0.15, 0.2) is 11.7 Å². The summed E-state index contributed by atoms with van der Waals surface area (Å²) in [7, 11) is 1.73. The van der Waals surface area contributed by atoms with E-state index in [1.54, 1.807) is 11.7 Å². The SMILES string of the molecule is C[C@H]1c2nn(C)c(C3C=C(F)C(F)=C(F)C3)c2CCN1C(=O)c1cccc2c1CCNC2. The van der Waals surface area contributed by atoms with Crippen LogP contribution in [0.3, 0.4) is 0 Å². The summed E-state index contributed by atoms with van der Waals surface area (Å²) < 4.78 is 43.0. The van der Waals surface area contributed by atoms with Crippen LogP contribution >= 0.6 is 0 Å². The van der Waals surface area contributed by atoms with Crippen LogP contribution in [-0.2, 0) is 26.4 Å². The number of hydrogen-bond donors (Lipinski definition) is 1. The van der Waals surface area contributed by atoms with E-state index in [-0.39, 0.29) is 18.4 Å².